The van der Waals surface area contributed by atoms with Crippen molar-refractivity contribution in [2.75, 3.05) is 13.1 Å². The van der Waals surface area contributed by atoms with E-state index in [9.17, 15) is 22.4 Å². The third-order valence-electron chi connectivity index (χ3n) is 4.73. The molecule has 1 atom stereocenters. The summed E-state index contributed by atoms with van der Waals surface area (Å²) in [6, 6.07) is 3.39. The molecule has 11 heteroatoms. The first kappa shape index (κ1) is 19.1. The molecule has 1 aliphatic heterocycles. The highest BCUT2D eigenvalue weighted by Crippen LogP contribution is 2.32. The molecule has 0 aromatic carbocycles. The van der Waals surface area contributed by atoms with Gasteiger partial charge in [0.25, 0.3) is 5.91 Å². The van der Waals surface area contributed by atoms with Gasteiger partial charge in [-0.3, -0.25) is 4.79 Å². The third-order valence-corrected chi connectivity index (χ3v) is 4.73. The SMILES string of the molecule is O=C(c1ccc(F)nc1)N1CCC[C@H](c2nc(-c3cc(C(F)(F)F)c[nH]3)no2)C1. The van der Waals surface area contributed by atoms with Gasteiger partial charge in [-0.25, -0.2) is 4.98 Å². The molecule has 0 bridgehead atoms. The molecule has 0 radical (unpaired) electrons. The number of likely N-dealkylation sites (tertiary alicyclic amines) is 1. The van der Waals surface area contributed by atoms with Crippen molar-refractivity contribution < 1.29 is 26.9 Å². The largest absolute Gasteiger partial charge is 0.417 e. The molecule has 0 unspecified atom stereocenters. The van der Waals surface area contributed by atoms with Crippen LogP contribution in [0.25, 0.3) is 11.5 Å². The first-order chi connectivity index (χ1) is 13.8. The minimum atomic E-state index is -4.47. The Kier molecular flexibility index (Phi) is 4.81. The number of rotatable bonds is 3. The van der Waals surface area contributed by atoms with Crippen LogP contribution in [0.15, 0.2) is 35.1 Å². The second-order valence-corrected chi connectivity index (χ2v) is 6.72. The summed E-state index contributed by atoms with van der Waals surface area (Å²) in [5.41, 5.74) is -0.473. The molecule has 0 aliphatic carbocycles. The monoisotopic (exact) mass is 409 g/mol. The maximum atomic E-state index is 13.0. The fourth-order valence-electron chi connectivity index (χ4n) is 3.25. The Balaban J connectivity index is 1.48. The van der Waals surface area contributed by atoms with E-state index in [1.165, 1.54) is 12.3 Å². The van der Waals surface area contributed by atoms with Crippen LogP contribution in [-0.2, 0) is 6.18 Å². The Morgan fingerprint density at radius 2 is 2.14 bits per heavy atom. The predicted octanol–water partition coefficient (Wildman–Crippen LogP) is 3.64. The molecule has 7 nitrogen and oxygen atoms in total. The first-order valence-electron chi connectivity index (χ1n) is 8.81. The lowest BCUT2D eigenvalue weighted by atomic mass is 9.97. The van der Waals surface area contributed by atoms with Crippen LogP contribution in [0.3, 0.4) is 0 Å². The van der Waals surface area contributed by atoms with E-state index in [2.05, 4.69) is 20.1 Å². The number of piperidine rings is 1. The topological polar surface area (TPSA) is 87.9 Å². The zero-order valence-corrected chi connectivity index (χ0v) is 14.9. The van der Waals surface area contributed by atoms with E-state index in [0.29, 0.717) is 25.9 Å². The van der Waals surface area contributed by atoms with Gasteiger partial charge >= 0.3 is 6.18 Å². The molecule has 1 saturated heterocycles. The zero-order valence-electron chi connectivity index (χ0n) is 14.9. The average molecular weight is 409 g/mol. The van der Waals surface area contributed by atoms with E-state index < -0.39 is 17.7 Å². The second kappa shape index (κ2) is 7.30. The van der Waals surface area contributed by atoms with E-state index >= 15 is 0 Å². The van der Waals surface area contributed by atoms with Crippen LogP contribution in [0.2, 0.25) is 0 Å². The number of halogens is 4. The van der Waals surface area contributed by atoms with Crippen molar-refractivity contribution in [1.82, 2.24) is 25.0 Å². The molecule has 1 amide bonds. The average Bonchev–Trinajstić information content (AvgIpc) is 3.37. The Labute approximate surface area is 161 Å². The van der Waals surface area contributed by atoms with Gasteiger partial charge in [-0.05, 0) is 31.0 Å². The molecule has 4 heterocycles. The van der Waals surface area contributed by atoms with Gasteiger partial charge < -0.3 is 14.4 Å². The summed E-state index contributed by atoms with van der Waals surface area (Å²) in [6.45, 7) is 0.815. The van der Waals surface area contributed by atoms with Gasteiger partial charge in [0.05, 0.1) is 22.7 Å². The molecule has 1 fully saturated rings. The molecule has 4 rings (SSSR count). The van der Waals surface area contributed by atoms with Gasteiger partial charge in [0.2, 0.25) is 17.7 Å². The van der Waals surface area contributed by atoms with Crippen molar-refractivity contribution in [3.05, 3.63) is 53.6 Å². The summed E-state index contributed by atoms with van der Waals surface area (Å²) in [5, 5.41) is 3.75. The van der Waals surface area contributed by atoms with Gasteiger partial charge in [-0.1, -0.05) is 5.16 Å². The Hall–Kier alpha value is -3.24. The number of aromatic amines is 1. The van der Waals surface area contributed by atoms with E-state index in [4.69, 9.17) is 4.52 Å². The number of alkyl halides is 3. The van der Waals surface area contributed by atoms with Gasteiger partial charge in [0.15, 0.2) is 0 Å². The number of amides is 1. The fraction of sp³-hybridized carbons (Fsp3) is 0.333. The zero-order chi connectivity index (χ0) is 20.6. The molecule has 1 N–H and O–H groups in total. The van der Waals surface area contributed by atoms with Crippen LogP contribution in [0.1, 0.15) is 40.6 Å². The number of H-pyrrole nitrogens is 1. The highest BCUT2D eigenvalue weighted by molar-refractivity contribution is 5.94. The molecular formula is C18H15F4N5O2. The summed E-state index contributed by atoms with van der Waals surface area (Å²) >= 11 is 0. The molecule has 3 aromatic rings. The van der Waals surface area contributed by atoms with Crippen LogP contribution >= 0.6 is 0 Å². The molecule has 0 spiro atoms. The van der Waals surface area contributed by atoms with Crippen LogP contribution in [0.5, 0.6) is 0 Å². The third kappa shape index (κ3) is 3.98. The van der Waals surface area contributed by atoms with Crippen molar-refractivity contribution in [2.45, 2.75) is 24.9 Å². The number of nitrogens with zero attached hydrogens (tertiary/aromatic N) is 4. The van der Waals surface area contributed by atoms with Crippen molar-refractivity contribution in [2.24, 2.45) is 0 Å². The van der Waals surface area contributed by atoms with Gasteiger partial charge in [-0.15, -0.1) is 0 Å². The highest BCUT2D eigenvalue weighted by Gasteiger charge is 2.33. The lowest BCUT2D eigenvalue weighted by Gasteiger charge is -2.31. The molecule has 0 saturated carbocycles. The Morgan fingerprint density at radius 1 is 1.31 bits per heavy atom. The Morgan fingerprint density at radius 3 is 2.83 bits per heavy atom. The lowest BCUT2D eigenvalue weighted by Crippen LogP contribution is -2.39. The van der Waals surface area contributed by atoms with Crippen LogP contribution in [0.4, 0.5) is 17.6 Å². The number of nitrogens with one attached hydrogen (secondary N) is 1. The highest BCUT2D eigenvalue weighted by atomic mass is 19.4. The van der Waals surface area contributed by atoms with E-state index in [1.54, 1.807) is 4.90 Å². The van der Waals surface area contributed by atoms with E-state index in [-0.39, 0.29) is 34.8 Å². The maximum absolute atomic E-state index is 13.0. The number of aromatic nitrogens is 4. The Bertz CT molecular complexity index is 1010. The normalized spacial score (nSPS) is 17.5. The summed E-state index contributed by atoms with van der Waals surface area (Å²) in [5.74, 6) is -0.949. The summed E-state index contributed by atoms with van der Waals surface area (Å²) in [7, 11) is 0. The van der Waals surface area contributed by atoms with Crippen LogP contribution in [-0.4, -0.2) is 44.0 Å². The number of hydrogen-bond acceptors (Lipinski definition) is 5. The minimum Gasteiger partial charge on any atom is -0.358 e. The number of pyridine rings is 1. The van der Waals surface area contributed by atoms with Crippen molar-refractivity contribution >= 4 is 5.91 Å². The molecule has 29 heavy (non-hydrogen) atoms. The maximum Gasteiger partial charge on any atom is 0.417 e. The van der Waals surface area contributed by atoms with Gasteiger partial charge in [-0.2, -0.15) is 22.5 Å². The van der Waals surface area contributed by atoms with Crippen molar-refractivity contribution in [3.63, 3.8) is 0 Å². The summed E-state index contributed by atoms with van der Waals surface area (Å²) in [4.78, 5) is 24.4. The quantitative estimate of drug-likeness (QED) is 0.527. The van der Waals surface area contributed by atoms with E-state index in [0.717, 1.165) is 18.3 Å². The van der Waals surface area contributed by atoms with Crippen LogP contribution in [0, 0.1) is 5.95 Å². The van der Waals surface area contributed by atoms with Gasteiger partial charge in [0, 0.05) is 25.5 Å². The second-order valence-electron chi connectivity index (χ2n) is 6.72. The summed E-state index contributed by atoms with van der Waals surface area (Å²) in [6.07, 6.45) is -1.09. The summed E-state index contributed by atoms with van der Waals surface area (Å²) < 4.78 is 56.4. The molecular weight excluding hydrogens is 394 g/mol. The number of carbonyl (C=O) groups excluding carboxylic acids is 1. The van der Waals surface area contributed by atoms with Crippen LogP contribution < -0.4 is 0 Å². The molecule has 3 aromatic heterocycles. The predicted molar refractivity (Wildman–Crippen MR) is 91.2 cm³/mol. The fourth-order valence-corrected chi connectivity index (χ4v) is 3.25. The number of carbonyl (C=O) groups is 1. The molecule has 1 aliphatic rings. The van der Waals surface area contributed by atoms with E-state index in [1.807, 2.05) is 0 Å². The first-order valence-corrected chi connectivity index (χ1v) is 8.81. The molecule has 152 valence electrons. The lowest BCUT2D eigenvalue weighted by molar-refractivity contribution is -0.137. The van der Waals surface area contributed by atoms with Gasteiger partial charge in [0.1, 0.15) is 0 Å². The van der Waals surface area contributed by atoms with Crippen molar-refractivity contribution in [1.29, 1.82) is 0 Å². The smallest absolute Gasteiger partial charge is 0.358 e. The van der Waals surface area contributed by atoms with Crippen molar-refractivity contribution in [3.8, 4) is 11.5 Å². The minimum absolute atomic E-state index is 0.0154. The number of hydrogen-bond donors (Lipinski definition) is 1. The standard InChI is InChI=1S/C18H15F4N5O2/c19-14-4-3-10(7-24-14)17(28)27-5-1-2-11(9-27)16-25-15(26-29-16)13-6-12(8-23-13)18(20,21)22/h3-4,6-8,11,23H,1-2,5,9H2/t11-/m0/s1.